The maximum Gasteiger partial charge on any atom is 0.138 e. The number of rotatable bonds is 4. The Bertz CT molecular complexity index is 597. The number of likely N-dealkylation sites (N-methyl/N-ethyl adjacent to an activating group) is 1. The van der Waals surface area contributed by atoms with Crippen LogP contribution in [0.5, 0.6) is 0 Å². The molecule has 104 valence electrons. The summed E-state index contributed by atoms with van der Waals surface area (Å²) in [6.45, 7) is 2.86. The number of nitrogens with zero attached hydrogens (tertiary/aromatic N) is 3. The van der Waals surface area contributed by atoms with Gasteiger partial charge in [-0.3, -0.25) is 0 Å². The van der Waals surface area contributed by atoms with E-state index >= 15 is 0 Å². The molecule has 2 aromatic rings. The molecule has 0 fully saturated rings. The number of benzene rings is 1. The average molecular weight is 396 g/mol. The van der Waals surface area contributed by atoms with Gasteiger partial charge in [0, 0.05) is 18.7 Å². The van der Waals surface area contributed by atoms with E-state index in [-0.39, 0.29) is 5.82 Å². The minimum absolute atomic E-state index is 0.215. The standard InChI is InChI=1S/C13H16ClFIN3/c1-8(18(2)3)7-19-12-4-9(15)10(16)5-11(12)17-13(19)6-14/h4-5,8H,6-7H2,1-3H3. The quantitative estimate of drug-likeness (QED) is 0.584. The van der Waals surface area contributed by atoms with Crippen LogP contribution >= 0.6 is 34.2 Å². The Balaban J connectivity index is 2.53. The van der Waals surface area contributed by atoms with Gasteiger partial charge >= 0.3 is 0 Å². The van der Waals surface area contributed by atoms with Crippen molar-refractivity contribution in [2.24, 2.45) is 0 Å². The third-order valence-corrected chi connectivity index (χ3v) is 4.38. The zero-order valence-corrected chi connectivity index (χ0v) is 14.0. The summed E-state index contributed by atoms with van der Waals surface area (Å²) < 4.78 is 16.3. The van der Waals surface area contributed by atoms with Gasteiger partial charge in [-0.2, -0.15) is 0 Å². The van der Waals surface area contributed by atoms with Crippen molar-refractivity contribution in [3.8, 4) is 0 Å². The predicted octanol–water partition coefficient (Wildman–Crippen LogP) is 3.47. The molecular formula is C13H16ClFIN3. The van der Waals surface area contributed by atoms with Gasteiger partial charge < -0.3 is 9.47 Å². The van der Waals surface area contributed by atoms with E-state index in [4.69, 9.17) is 11.6 Å². The van der Waals surface area contributed by atoms with E-state index in [2.05, 4.69) is 16.8 Å². The lowest BCUT2D eigenvalue weighted by Crippen LogP contribution is -2.29. The summed E-state index contributed by atoms with van der Waals surface area (Å²) in [4.78, 5) is 6.60. The van der Waals surface area contributed by atoms with Gasteiger partial charge in [0.1, 0.15) is 11.6 Å². The van der Waals surface area contributed by atoms with Crippen LogP contribution in [0, 0.1) is 9.39 Å². The van der Waals surface area contributed by atoms with Crippen molar-refractivity contribution in [3.63, 3.8) is 0 Å². The van der Waals surface area contributed by atoms with Gasteiger partial charge in [-0.25, -0.2) is 9.37 Å². The zero-order chi connectivity index (χ0) is 14.2. The molecule has 1 aromatic carbocycles. The first kappa shape index (κ1) is 15.0. The van der Waals surface area contributed by atoms with E-state index in [1.807, 2.05) is 41.3 Å². The summed E-state index contributed by atoms with van der Waals surface area (Å²) in [5.74, 6) is 0.896. The van der Waals surface area contributed by atoms with Crippen molar-refractivity contribution in [1.29, 1.82) is 0 Å². The second kappa shape index (κ2) is 5.93. The molecule has 1 aromatic heterocycles. The Morgan fingerprint density at radius 1 is 1.47 bits per heavy atom. The largest absolute Gasteiger partial charge is 0.325 e. The van der Waals surface area contributed by atoms with E-state index in [9.17, 15) is 4.39 Å². The highest BCUT2D eigenvalue weighted by atomic mass is 127. The summed E-state index contributed by atoms with van der Waals surface area (Å²) in [7, 11) is 4.04. The molecule has 0 N–H and O–H groups in total. The topological polar surface area (TPSA) is 21.1 Å². The lowest BCUT2D eigenvalue weighted by Gasteiger charge is -2.21. The van der Waals surface area contributed by atoms with Crippen LogP contribution < -0.4 is 0 Å². The van der Waals surface area contributed by atoms with Crippen LogP contribution in [0.15, 0.2) is 12.1 Å². The number of imidazole rings is 1. The van der Waals surface area contributed by atoms with Crippen LogP contribution in [0.1, 0.15) is 12.7 Å². The number of halogens is 3. The Morgan fingerprint density at radius 2 is 2.16 bits per heavy atom. The molecule has 1 unspecified atom stereocenters. The van der Waals surface area contributed by atoms with Gasteiger partial charge in [0.2, 0.25) is 0 Å². The number of hydrogen-bond acceptors (Lipinski definition) is 2. The van der Waals surface area contributed by atoms with Gasteiger partial charge in [-0.1, -0.05) is 0 Å². The first-order valence-electron chi connectivity index (χ1n) is 6.00. The fraction of sp³-hybridized carbons (Fsp3) is 0.462. The maximum atomic E-state index is 13.7. The van der Waals surface area contributed by atoms with E-state index in [1.165, 1.54) is 0 Å². The molecular weight excluding hydrogens is 380 g/mol. The molecule has 0 radical (unpaired) electrons. The maximum absolute atomic E-state index is 13.7. The molecule has 0 aliphatic heterocycles. The Kier molecular flexibility index (Phi) is 4.68. The minimum atomic E-state index is -0.215. The third-order valence-electron chi connectivity index (χ3n) is 3.32. The number of aromatic nitrogens is 2. The highest BCUT2D eigenvalue weighted by Crippen LogP contribution is 2.23. The van der Waals surface area contributed by atoms with Gasteiger partial charge in [0.15, 0.2) is 0 Å². The van der Waals surface area contributed by atoms with Gasteiger partial charge in [0.05, 0.1) is 20.5 Å². The Hall–Kier alpha value is -0.400. The van der Waals surface area contributed by atoms with Gasteiger partial charge in [-0.05, 0) is 49.7 Å². The second-order valence-electron chi connectivity index (χ2n) is 4.84. The van der Waals surface area contributed by atoms with Gasteiger partial charge in [0.25, 0.3) is 0 Å². The zero-order valence-electron chi connectivity index (χ0n) is 11.1. The molecule has 1 atom stereocenters. The fourth-order valence-electron chi connectivity index (χ4n) is 1.90. The van der Waals surface area contributed by atoms with Crippen molar-refractivity contribution in [1.82, 2.24) is 14.5 Å². The van der Waals surface area contributed by atoms with Crippen LogP contribution in [0.3, 0.4) is 0 Å². The minimum Gasteiger partial charge on any atom is -0.325 e. The van der Waals surface area contributed by atoms with Crippen molar-refractivity contribution in [3.05, 3.63) is 27.3 Å². The smallest absolute Gasteiger partial charge is 0.138 e. The molecule has 0 spiro atoms. The van der Waals surface area contributed by atoms with E-state index in [1.54, 1.807) is 12.1 Å². The molecule has 1 heterocycles. The molecule has 0 saturated carbocycles. The Labute approximate surface area is 130 Å². The number of fused-ring (bicyclic) bond motifs is 1. The molecule has 0 saturated heterocycles. The summed E-state index contributed by atoms with van der Waals surface area (Å²) in [5, 5.41) is 0. The van der Waals surface area contributed by atoms with Crippen molar-refractivity contribution in [2.45, 2.75) is 25.4 Å². The van der Waals surface area contributed by atoms with E-state index in [0.717, 1.165) is 23.4 Å². The van der Waals surface area contributed by atoms with Crippen LogP contribution in [0.25, 0.3) is 11.0 Å². The van der Waals surface area contributed by atoms with Crippen molar-refractivity contribution in [2.75, 3.05) is 14.1 Å². The van der Waals surface area contributed by atoms with Crippen molar-refractivity contribution < 1.29 is 4.39 Å². The lowest BCUT2D eigenvalue weighted by molar-refractivity contribution is 0.284. The SMILES string of the molecule is CC(Cn1c(CCl)nc2cc(I)c(F)cc21)N(C)C. The Morgan fingerprint density at radius 3 is 2.74 bits per heavy atom. The van der Waals surface area contributed by atoms with Crippen LogP contribution in [-0.2, 0) is 12.4 Å². The number of hydrogen-bond donors (Lipinski definition) is 0. The highest BCUT2D eigenvalue weighted by molar-refractivity contribution is 14.1. The first-order chi connectivity index (χ1) is 8.93. The van der Waals surface area contributed by atoms with Crippen LogP contribution in [0.2, 0.25) is 0 Å². The molecule has 6 heteroatoms. The van der Waals surface area contributed by atoms with Crippen LogP contribution in [0.4, 0.5) is 4.39 Å². The first-order valence-corrected chi connectivity index (χ1v) is 7.62. The summed E-state index contributed by atoms with van der Waals surface area (Å²) in [5.41, 5.74) is 1.61. The van der Waals surface area contributed by atoms with Gasteiger partial charge in [-0.15, -0.1) is 11.6 Å². The van der Waals surface area contributed by atoms with E-state index in [0.29, 0.717) is 15.5 Å². The lowest BCUT2D eigenvalue weighted by atomic mass is 10.2. The summed E-state index contributed by atoms with van der Waals surface area (Å²) in [6, 6.07) is 3.63. The summed E-state index contributed by atoms with van der Waals surface area (Å²) in [6.07, 6.45) is 0. The van der Waals surface area contributed by atoms with Crippen LogP contribution in [-0.4, -0.2) is 34.6 Å². The molecule has 0 aliphatic rings. The molecule has 0 bridgehead atoms. The average Bonchev–Trinajstić information content (AvgIpc) is 2.67. The van der Waals surface area contributed by atoms with Crippen molar-refractivity contribution >= 4 is 45.2 Å². The van der Waals surface area contributed by atoms with E-state index < -0.39 is 0 Å². The second-order valence-corrected chi connectivity index (χ2v) is 6.27. The summed E-state index contributed by atoms with van der Waals surface area (Å²) >= 11 is 7.93. The monoisotopic (exact) mass is 395 g/mol. The fourth-order valence-corrected chi connectivity index (χ4v) is 2.56. The predicted molar refractivity (Wildman–Crippen MR) is 85.1 cm³/mol. The molecule has 2 rings (SSSR count). The third kappa shape index (κ3) is 3.03. The molecule has 0 aliphatic carbocycles. The molecule has 0 amide bonds. The number of alkyl halides is 1. The normalized spacial score (nSPS) is 13.4. The molecule has 19 heavy (non-hydrogen) atoms. The molecule has 3 nitrogen and oxygen atoms in total. The highest BCUT2D eigenvalue weighted by Gasteiger charge is 2.15.